The first-order valence-corrected chi connectivity index (χ1v) is 6.95. The van der Waals surface area contributed by atoms with Crippen LogP contribution in [-0.2, 0) is 4.57 Å². The van der Waals surface area contributed by atoms with Crippen molar-refractivity contribution in [3.05, 3.63) is 65.5 Å². The second-order valence-corrected chi connectivity index (χ2v) is 5.53. The fourth-order valence-electron chi connectivity index (χ4n) is 1.57. The van der Waals surface area contributed by atoms with Gasteiger partial charge in [-0.05, 0) is 36.4 Å². The smallest absolute Gasteiger partial charge is 1.00 e. The Kier molecular flexibility index (Phi) is 6.44. The number of ketones is 1. The zero-order valence-electron chi connectivity index (χ0n) is 11.7. The van der Waals surface area contributed by atoms with Crippen LogP contribution in [0.25, 0.3) is 0 Å². The molecule has 2 aromatic carbocycles. The quantitative estimate of drug-likeness (QED) is 0.431. The summed E-state index contributed by atoms with van der Waals surface area (Å²) in [4.78, 5) is 29.9. The zero-order valence-corrected chi connectivity index (χ0v) is 14.7. The Morgan fingerprint density at radius 3 is 1.75 bits per heavy atom. The average Bonchev–Trinajstić information content (AvgIpc) is 2.38. The van der Waals surface area contributed by atoms with E-state index in [1.54, 1.807) is 0 Å². The maximum Gasteiger partial charge on any atom is 1.00 e. The molecule has 2 rings (SSSR count). The van der Waals surface area contributed by atoms with E-state index < -0.39 is 13.4 Å². The predicted octanol–water partition coefficient (Wildman–Crippen LogP) is -1.02. The third kappa shape index (κ3) is 4.41. The molecule has 0 atom stereocenters. The van der Waals surface area contributed by atoms with Crippen LogP contribution in [0.4, 0.5) is 4.39 Å². The van der Waals surface area contributed by atoms with Gasteiger partial charge in [-0.1, -0.05) is 12.1 Å². The molecule has 0 radical (unpaired) electrons. The zero-order chi connectivity index (χ0) is 14.0. The molecule has 4 nitrogen and oxygen atoms in total. The fourth-order valence-corrected chi connectivity index (χ4v) is 2.11. The molecule has 0 saturated heterocycles. The van der Waals surface area contributed by atoms with Crippen LogP contribution >= 0.6 is 7.60 Å². The summed E-state index contributed by atoms with van der Waals surface area (Å²) >= 11 is 0. The topological polar surface area (TPSA) is 74.6 Å². The molecule has 0 aliphatic rings. The minimum Gasteiger partial charge on any atom is -1.00 e. The molecule has 0 amide bonds. The average molecular weight is 320 g/mol. The number of hydrogen-bond acceptors (Lipinski definition) is 2. The van der Waals surface area contributed by atoms with E-state index in [9.17, 15) is 13.8 Å². The number of halogens is 1. The van der Waals surface area contributed by atoms with Crippen molar-refractivity contribution in [3.63, 3.8) is 0 Å². The van der Waals surface area contributed by atoms with Crippen molar-refractivity contribution >= 4 is 18.7 Å². The molecule has 0 bridgehead atoms. The van der Waals surface area contributed by atoms with Crippen LogP contribution in [-0.4, -0.2) is 15.6 Å². The Balaban J connectivity index is 0.00000200. The van der Waals surface area contributed by atoms with Gasteiger partial charge in [0.15, 0.2) is 5.78 Å². The normalized spacial score (nSPS) is 10.8. The molecule has 0 heterocycles. The van der Waals surface area contributed by atoms with Gasteiger partial charge >= 0.3 is 59.0 Å². The number of carbonyl (C=O) groups excluding carboxylic acids is 1. The monoisotopic (exact) mass is 320 g/mol. The molecule has 20 heavy (non-hydrogen) atoms. The van der Waals surface area contributed by atoms with Gasteiger partial charge in [-0.25, -0.2) is 4.39 Å². The fraction of sp³-hybridized carbons (Fsp3) is 0. The van der Waals surface area contributed by atoms with Gasteiger partial charge in [0.2, 0.25) is 0 Å². The Morgan fingerprint density at radius 1 is 0.950 bits per heavy atom. The van der Waals surface area contributed by atoms with Crippen LogP contribution in [0.5, 0.6) is 0 Å². The van der Waals surface area contributed by atoms with Gasteiger partial charge in [-0.15, -0.1) is 0 Å². The first-order valence-electron chi connectivity index (χ1n) is 5.34. The first kappa shape index (κ1) is 17.9. The van der Waals surface area contributed by atoms with Crippen LogP contribution < -0.4 is 56.7 Å². The second-order valence-electron chi connectivity index (χ2n) is 3.93. The minimum absolute atomic E-state index is 0. The molecule has 0 aliphatic heterocycles. The maximum atomic E-state index is 12.7. The Labute approximate surface area is 159 Å². The molecule has 0 aliphatic carbocycles. The summed E-state index contributed by atoms with van der Waals surface area (Å²) in [5.74, 6) is -0.773. The molecule has 0 unspecified atom stereocenters. The molecule has 0 spiro atoms. The molecule has 100 valence electrons. The van der Waals surface area contributed by atoms with Gasteiger partial charge in [0.25, 0.3) is 0 Å². The van der Waals surface area contributed by atoms with E-state index in [2.05, 4.69) is 0 Å². The van der Waals surface area contributed by atoms with Crippen LogP contribution in [0.1, 0.15) is 17.3 Å². The summed E-state index contributed by atoms with van der Waals surface area (Å²) < 4.78 is 23.7. The van der Waals surface area contributed by atoms with E-state index in [4.69, 9.17) is 9.79 Å². The van der Waals surface area contributed by atoms with Crippen molar-refractivity contribution in [2.24, 2.45) is 0 Å². The molecule has 2 aromatic rings. The van der Waals surface area contributed by atoms with Crippen LogP contribution in [0.3, 0.4) is 0 Å². The summed E-state index contributed by atoms with van der Waals surface area (Å²) in [6.45, 7) is 0. The van der Waals surface area contributed by atoms with Crippen LogP contribution in [0.15, 0.2) is 48.5 Å². The van der Waals surface area contributed by atoms with Crippen LogP contribution in [0.2, 0.25) is 0 Å². The molecule has 7 heteroatoms. The molecule has 0 saturated carbocycles. The van der Waals surface area contributed by atoms with Crippen molar-refractivity contribution in [1.29, 1.82) is 0 Å². The Morgan fingerprint density at radius 2 is 1.35 bits per heavy atom. The van der Waals surface area contributed by atoms with E-state index >= 15 is 0 Å². The molecular weight excluding hydrogens is 309 g/mol. The number of rotatable bonds is 3. The second kappa shape index (κ2) is 7.20. The molecule has 2 N–H and O–H groups in total. The Hall–Kier alpha value is -0.174. The van der Waals surface area contributed by atoms with E-state index in [-0.39, 0.29) is 69.5 Å². The summed E-state index contributed by atoms with van der Waals surface area (Å²) in [6.07, 6.45) is 0. The van der Waals surface area contributed by atoms with E-state index in [1.807, 2.05) is 0 Å². The van der Waals surface area contributed by atoms with Gasteiger partial charge in [0, 0.05) is 11.1 Å². The van der Waals surface area contributed by atoms with Crippen molar-refractivity contribution in [2.75, 3.05) is 0 Å². The number of carbonyl (C=O) groups is 1. The van der Waals surface area contributed by atoms with Crippen molar-refractivity contribution in [1.82, 2.24) is 0 Å². The molecule has 0 fully saturated rings. The van der Waals surface area contributed by atoms with Gasteiger partial charge < -0.3 is 11.2 Å². The maximum absolute atomic E-state index is 12.7. The standard InChI is InChI=1S/C13H10FO4P.K.H/c14-11-5-1-9(2-6-11)13(15)10-3-7-12(8-4-10)19(16,17)18;;/h1-8H,(H2,16,17,18);;/q;+1;-1. The predicted molar refractivity (Wildman–Crippen MR) is 69.1 cm³/mol. The third-order valence-electron chi connectivity index (χ3n) is 2.57. The van der Waals surface area contributed by atoms with E-state index in [1.165, 1.54) is 48.5 Å². The Bertz CT molecular complexity index is 655. The molecular formula is C13H11FKO4P. The summed E-state index contributed by atoms with van der Waals surface area (Å²) in [5, 5.41) is -0.150. The number of hydrogen-bond donors (Lipinski definition) is 2. The third-order valence-corrected chi connectivity index (χ3v) is 3.54. The summed E-state index contributed by atoms with van der Waals surface area (Å²) in [7, 11) is -4.31. The summed E-state index contributed by atoms with van der Waals surface area (Å²) in [6, 6.07) is 10.1. The van der Waals surface area contributed by atoms with Gasteiger partial charge in [0.05, 0.1) is 5.30 Å². The summed E-state index contributed by atoms with van der Waals surface area (Å²) in [5.41, 5.74) is 0.592. The van der Waals surface area contributed by atoms with Gasteiger partial charge in [-0.3, -0.25) is 9.36 Å². The van der Waals surface area contributed by atoms with Gasteiger partial charge in [0.1, 0.15) is 5.82 Å². The van der Waals surface area contributed by atoms with Gasteiger partial charge in [-0.2, -0.15) is 0 Å². The van der Waals surface area contributed by atoms with E-state index in [0.29, 0.717) is 5.56 Å². The van der Waals surface area contributed by atoms with Crippen molar-refractivity contribution < 1.29 is 76.3 Å². The van der Waals surface area contributed by atoms with Crippen molar-refractivity contribution in [3.8, 4) is 0 Å². The minimum atomic E-state index is -4.31. The van der Waals surface area contributed by atoms with Crippen molar-refractivity contribution in [2.45, 2.75) is 0 Å². The first-order chi connectivity index (χ1) is 8.88. The largest absolute Gasteiger partial charge is 1.00 e. The van der Waals surface area contributed by atoms with Crippen LogP contribution in [0, 0.1) is 5.82 Å². The molecule has 0 aromatic heterocycles. The van der Waals surface area contributed by atoms with E-state index in [0.717, 1.165) is 0 Å². The SMILES string of the molecule is O=C(c1ccc(F)cc1)c1ccc(P(=O)(O)O)cc1.[H-].[K+]. The number of benzene rings is 2.